The highest BCUT2D eigenvalue weighted by molar-refractivity contribution is 6.31. The molecule has 1 unspecified atom stereocenters. The van der Waals surface area contributed by atoms with E-state index in [1.807, 2.05) is 13.0 Å². The second kappa shape index (κ2) is 8.61. The molecular weight excluding hydrogens is 302 g/mol. The number of anilines is 1. The van der Waals surface area contributed by atoms with Gasteiger partial charge in [0.2, 0.25) is 5.91 Å². The number of nitrogens with one attached hydrogen (secondary N) is 1. The average Bonchev–Trinajstić information content (AvgIpc) is 3.00. The minimum atomic E-state index is -0.234. The van der Waals surface area contributed by atoms with Crippen LogP contribution in [0.25, 0.3) is 0 Å². The summed E-state index contributed by atoms with van der Waals surface area (Å²) in [7, 11) is 0. The van der Waals surface area contributed by atoms with Gasteiger partial charge in [-0.2, -0.15) is 0 Å². The Balaban J connectivity index is 2.01. The van der Waals surface area contributed by atoms with Crippen molar-refractivity contribution < 1.29 is 14.3 Å². The highest BCUT2D eigenvalue weighted by Gasteiger charge is 2.17. The number of rotatable bonds is 6. The number of carbonyl (C=O) groups is 1. The summed E-state index contributed by atoms with van der Waals surface area (Å²) in [5.41, 5.74) is 0.556. The maximum Gasteiger partial charge on any atom is 0.248 e. The van der Waals surface area contributed by atoms with E-state index < -0.39 is 0 Å². The van der Waals surface area contributed by atoms with Gasteiger partial charge in [-0.05, 0) is 38.0 Å². The van der Waals surface area contributed by atoms with E-state index in [1.165, 1.54) is 6.08 Å². The van der Waals surface area contributed by atoms with Gasteiger partial charge in [0.05, 0.1) is 11.8 Å². The van der Waals surface area contributed by atoms with E-state index in [0.29, 0.717) is 23.1 Å². The van der Waals surface area contributed by atoms with Crippen LogP contribution in [-0.4, -0.2) is 25.2 Å². The first-order valence-electron chi connectivity index (χ1n) is 7.33. The largest absolute Gasteiger partial charge is 0.489 e. The molecule has 118 valence electrons. The number of carbonyl (C=O) groups excluding carboxylic acids is 1. The molecule has 0 bridgehead atoms. The van der Waals surface area contributed by atoms with Gasteiger partial charge in [-0.25, -0.2) is 0 Å². The lowest BCUT2D eigenvalue weighted by Crippen LogP contribution is -2.17. The number of allylic oxidation sites excluding steroid dienone is 3. The smallest absolute Gasteiger partial charge is 0.248 e. The van der Waals surface area contributed by atoms with Gasteiger partial charge in [-0.1, -0.05) is 29.8 Å². The number of amides is 1. The van der Waals surface area contributed by atoms with Crippen molar-refractivity contribution in [2.45, 2.75) is 25.9 Å². The Kier molecular flexibility index (Phi) is 6.49. The standard InChI is InChI=1S/C17H20ClNO3/c1-2-3-4-7-17(20)19-15-11-13(18)8-9-16(15)22-12-14-6-5-10-21-14/h2-4,7-9,11,14H,5-6,10,12H2,1H3,(H,19,20). The number of ether oxygens (including phenoxy) is 2. The van der Waals surface area contributed by atoms with Crippen LogP contribution in [-0.2, 0) is 9.53 Å². The van der Waals surface area contributed by atoms with Crippen LogP contribution >= 0.6 is 11.6 Å². The van der Waals surface area contributed by atoms with E-state index in [2.05, 4.69) is 5.32 Å². The van der Waals surface area contributed by atoms with Gasteiger partial charge in [0.15, 0.2) is 0 Å². The lowest BCUT2D eigenvalue weighted by Gasteiger charge is -2.15. The van der Waals surface area contributed by atoms with E-state index >= 15 is 0 Å². The third-order valence-electron chi connectivity index (χ3n) is 3.20. The Bertz CT molecular complexity index is 563. The fraction of sp³-hybridized carbons (Fsp3) is 0.353. The van der Waals surface area contributed by atoms with Crippen LogP contribution in [0.1, 0.15) is 19.8 Å². The molecule has 0 saturated carbocycles. The predicted octanol–water partition coefficient (Wildman–Crippen LogP) is 3.97. The topological polar surface area (TPSA) is 47.6 Å². The van der Waals surface area contributed by atoms with Crippen LogP contribution < -0.4 is 10.1 Å². The molecule has 1 amide bonds. The molecular formula is C17H20ClNO3. The van der Waals surface area contributed by atoms with Crippen molar-refractivity contribution in [3.05, 3.63) is 47.5 Å². The van der Waals surface area contributed by atoms with E-state index in [9.17, 15) is 4.79 Å². The molecule has 4 nitrogen and oxygen atoms in total. The highest BCUT2D eigenvalue weighted by Crippen LogP contribution is 2.29. The number of benzene rings is 1. The summed E-state index contributed by atoms with van der Waals surface area (Å²) in [5, 5.41) is 3.31. The lowest BCUT2D eigenvalue weighted by atomic mass is 10.2. The van der Waals surface area contributed by atoms with Gasteiger partial charge in [0.25, 0.3) is 0 Å². The van der Waals surface area contributed by atoms with Crippen LogP contribution in [0.5, 0.6) is 5.75 Å². The fourth-order valence-electron chi connectivity index (χ4n) is 2.11. The maximum atomic E-state index is 11.9. The molecule has 1 atom stereocenters. The van der Waals surface area contributed by atoms with Gasteiger partial charge in [0, 0.05) is 17.7 Å². The molecule has 1 fully saturated rings. The third kappa shape index (κ3) is 5.20. The predicted molar refractivity (Wildman–Crippen MR) is 88.5 cm³/mol. The molecule has 0 aromatic heterocycles. The Hall–Kier alpha value is -1.78. The van der Waals surface area contributed by atoms with Crippen molar-refractivity contribution in [2.75, 3.05) is 18.5 Å². The van der Waals surface area contributed by atoms with Gasteiger partial charge >= 0.3 is 0 Å². The number of hydrogen-bond donors (Lipinski definition) is 1. The first-order valence-corrected chi connectivity index (χ1v) is 7.71. The molecule has 1 aromatic carbocycles. The highest BCUT2D eigenvalue weighted by atomic mass is 35.5. The number of hydrogen-bond acceptors (Lipinski definition) is 3. The Labute approximate surface area is 135 Å². The molecule has 1 aliphatic rings. The SMILES string of the molecule is CC=CC=CC(=O)Nc1cc(Cl)ccc1OCC1CCCO1. The molecule has 5 heteroatoms. The van der Waals surface area contributed by atoms with Crippen molar-refractivity contribution in [1.29, 1.82) is 0 Å². The summed E-state index contributed by atoms with van der Waals surface area (Å²) in [5.74, 6) is 0.356. The molecule has 1 aromatic rings. The summed E-state index contributed by atoms with van der Waals surface area (Å²) in [4.78, 5) is 11.9. The zero-order chi connectivity index (χ0) is 15.8. The minimum absolute atomic E-state index is 0.119. The van der Waals surface area contributed by atoms with Crippen LogP contribution in [0.4, 0.5) is 5.69 Å². The average molecular weight is 322 g/mol. The van der Waals surface area contributed by atoms with E-state index in [-0.39, 0.29) is 12.0 Å². The summed E-state index contributed by atoms with van der Waals surface area (Å²) in [6.45, 7) is 3.14. The van der Waals surface area contributed by atoms with Crippen molar-refractivity contribution in [1.82, 2.24) is 0 Å². The van der Waals surface area contributed by atoms with E-state index in [4.69, 9.17) is 21.1 Å². The molecule has 0 spiro atoms. The first-order chi connectivity index (χ1) is 10.7. The zero-order valence-electron chi connectivity index (χ0n) is 12.5. The van der Waals surface area contributed by atoms with Crippen molar-refractivity contribution in [3.8, 4) is 5.75 Å². The fourth-order valence-corrected chi connectivity index (χ4v) is 2.28. The summed E-state index contributed by atoms with van der Waals surface area (Å²) >= 11 is 5.99. The van der Waals surface area contributed by atoms with Crippen molar-refractivity contribution >= 4 is 23.2 Å². The molecule has 0 aliphatic carbocycles. The van der Waals surface area contributed by atoms with Gasteiger partial charge in [-0.15, -0.1) is 0 Å². The molecule has 1 saturated heterocycles. The van der Waals surface area contributed by atoms with Gasteiger partial charge < -0.3 is 14.8 Å². The summed E-state index contributed by atoms with van der Waals surface area (Å²) < 4.78 is 11.3. The Morgan fingerprint density at radius 1 is 1.50 bits per heavy atom. The summed E-state index contributed by atoms with van der Waals surface area (Å²) in [6, 6.07) is 5.16. The second-order valence-electron chi connectivity index (χ2n) is 4.96. The zero-order valence-corrected chi connectivity index (χ0v) is 13.3. The van der Waals surface area contributed by atoms with Gasteiger partial charge in [0.1, 0.15) is 12.4 Å². The first kappa shape index (κ1) is 16.6. The van der Waals surface area contributed by atoms with Crippen LogP contribution in [0.3, 0.4) is 0 Å². The normalized spacial score (nSPS) is 18.2. The Morgan fingerprint density at radius 3 is 3.09 bits per heavy atom. The molecule has 2 rings (SSSR count). The third-order valence-corrected chi connectivity index (χ3v) is 3.43. The quantitative estimate of drug-likeness (QED) is 0.637. The van der Waals surface area contributed by atoms with Crippen molar-refractivity contribution in [2.24, 2.45) is 0 Å². The number of halogens is 1. The van der Waals surface area contributed by atoms with Crippen LogP contribution in [0, 0.1) is 0 Å². The van der Waals surface area contributed by atoms with Gasteiger partial charge in [-0.3, -0.25) is 4.79 Å². The lowest BCUT2D eigenvalue weighted by molar-refractivity contribution is -0.111. The Morgan fingerprint density at radius 2 is 2.36 bits per heavy atom. The van der Waals surface area contributed by atoms with Crippen LogP contribution in [0.2, 0.25) is 5.02 Å². The molecule has 22 heavy (non-hydrogen) atoms. The monoisotopic (exact) mass is 321 g/mol. The van der Waals surface area contributed by atoms with Crippen LogP contribution in [0.15, 0.2) is 42.5 Å². The van der Waals surface area contributed by atoms with E-state index in [1.54, 1.807) is 30.4 Å². The minimum Gasteiger partial charge on any atom is -0.489 e. The molecule has 0 radical (unpaired) electrons. The van der Waals surface area contributed by atoms with Crippen molar-refractivity contribution in [3.63, 3.8) is 0 Å². The second-order valence-corrected chi connectivity index (χ2v) is 5.40. The molecule has 1 heterocycles. The molecule has 1 N–H and O–H groups in total. The maximum absolute atomic E-state index is 11.9. The molecule has 1 aliphatic heterocycles. The van der Waals surface area contributed by atoms with E-state index in [0.717, 1.165) is 19.4 Å². The summed E-state index contributed by atoms with van der Waals surface area (Å²) in [6.07, 6.45) is 8.94.